The minimum absolute atomic E-state index is 0.0515. The molecule has 0 rings (SSSR count). The van der Waals surface area contributed by atoms with Crippen molar-refractivity contribution < 1.29 is 15.0 Å². The molecule has 0 aliphatic carbocycles. The van der Waals surface area contributed by atoms with E-state index in [2.05, 4.69) is 34.1 Å². The third kappa shape index (κ3) is 20.2. The number of hydrogen-bond donors (Lipinski definition) is 3. The molecule has 0 radical (unpaired) electrons. The number of carbonyl (C=O) groups is 1. The van der Waals surface area contributed by atoms with Gasteiger partial charge < -0.3 is 0 Å². The standard InChI is InChI=1S/C27H55N2O3.3CH3.Sn/c1-4-7-9-11-13-15-17-19-21-25(30)23-29(28-27(32)6-3)24-26(31)22-20-18-16-14-12-10-8-5-2;;;;/h21,25-26,30-31H,4-20,22-24H2,1-3H3,(H,28,32);3*1H3;. The molecule has 0 heterocycles. The first kappa shape index (κ1) is 36.1. The molecule has 36 heavy (non-hydrogen) atoms. The van der Waals surface area contributed by atoms with Crippen LogP contribution in [-0.4, -0.2) is 64.8 Å². The van der Waals surface area contributed by atoms with Crippen LogP contribution in [0.25, 0.3) is 0 Å². The number of amides is 1. The van der Waals surface area contributed by atoms with E-state index in [9.17, 15) is 15.0 Å². The molecular weight excluding hydrogens is 555 g/mol. The third-order valence-corrected chi connectivity index (χ3v) is 15.8. The van der Waals surface area contributed by atoms with Crippen molar-refractivity contribution in [1.29, 1.82) is 0 Å². The van der Waals surface area contributed by atoms with Crippen LogP contribution >= 0.6 is 0 Å². The number of nitrogens with one attached hydrogen (secondary N) is 1. The molecule has 0 saturated heterocycles. The Hall–Kier alpha value is 0.149. The Labute approximate surface area is 229 Å². The van der Waals surface area contributed by atoms with E-state index < -0.39 is 30.6 Å². The number of hydrogen-bond acceptors (Lipinski definition) is 4. The van der Waals surface area contributed by atoms with Crippen molar-refractivity contribution in [2.75, 3.05) is 13.1 Å². The van der Waals surface area contributed by atoms with E-state index in [-0.39, 0.29) is 5.91 Å². The van der Waals surface area contributed by atoms with Crippen molar-refractivity contribution in [3.8, 4) is 0 Å². The van der Waals surface area contributed by atoms with E-state index in [0.29, 0.717) is 23.4 Å². The van der Waals surface area contributed by atoms with Gasteiger partial charge >= 0.3 is 204 Å². The first-order valence-electron chi connectivity index (χ1n) is 15.6. The number of unbranched alkanes of at least 4 members (excludes halogenated alkanes) is 13. The number of nitrogens with zero attached hydrogens (tertiary/aromatic N) is 1. The summed E-state index contributed by atoms with van der Waals surface area (Å²) in [5.41, 5.74) is 2.96. The SMILES string of the molecule is CCCCCCCCCCC(O)CN(CC(O)[CH](CCCCCCCCC)[Sn]([CH3])([CH3])[CH3])NC(=O)CC. The van der Waals surface area contributed by atoms with E-state index in [1.54, 1.807) is 5.01 Å². The molecule has 6 heteroatoms. The molecule has 3 atom stereocenters. The summed E-state index contributed by atoms with van der Waals surface area (Å²) < 4.78 is 0.362. The van der Waals surface area contributed by atoms with Crippen LogP contribution in [0.15, 0.2) is 0 Å². The predicted molar refractivity (Wildman–Crippen MR) is 159 cm³/mol. The second kappa shape index (κ2) is 23.1. The van der Waals surface area contributed by atoms with Gasteiger partial charge in [0.05, 0.1) is 0 Å². The first-order valence-corrected chi connectivity index (χ1v) is 25.8. The van der Waals surface area contributed by atoms with Gasteiger partial charge in [-0.3, -0.25) is 0 Å². The van der Waals surface area contributed by atoms with Crippen LogP contribution in [0.1, 0.15) is 136 Å². The van der Waals surface area contributed by atoms with Crippen LogP contribution in [0.3, 0.4) is 0 Å². The molecule has 3 unspecified atom stereocenters. The Balaban J connectivity index is 4.67. The summed E-state index contributed by atoms with van der Waals surface area (Å²) in [7, 11) is 0. The van der Waals surface area contributed by atoms with Crippen LogP contribution in [-0.2, 0) is 4.79 Å². The van der Waals surface area contributed by atoms with E-state index in [0.717, 1.165) is 25.7 Å². The van der Waals surface area contributed by atoms with Crippen molar-refractivity contribution in [3.05, 3.63) is 0 Å². The molecule has 0 aliphatic rings. The molecule has 0 aliphatic heterocycles. The number of aliphatic hydroxyl groups is 2. The van der Waals surface area contributed by atoms with Gasteiger partial charge in [-0.05, 0) is 0 Å². The Morgan fingerprint density at radius 2 is 1.14 bits per heavy atom. The molecule has 216 valence electrons. The second-order valence-electron chi connectivity index (χ2n) is 12.2. The van der Waals surface area contributed by atoms with Crippen LogP contribution in [0.4, 0.5) is 0 Å². The monoisotopic (exact) mass is 620 g/mol. The molecule has 0 aromatic rings. The zero-order valence-corrected chi connectivity index (χ0v) is 28.0. The van der Waals surface area contributed by atoms with Crippen molar-refractivity contribution in [3.63, 3.8) is 0 Å². The van der Waals surface area contributed by atoms with Crippen molar-refractivity contribution in [2.45, 2.75) is 167 Å². The Morgan fingerprint density at radius 3 is 1.58 bits per heavy atom. The van der Waals surface area contributed by atoms with Crippen LogP contribution in [0.5, 0.6) is 0 Å². The summed E-state index contributed by atoms with van der Waals surface area (Å²) >= 11 is -2.38. The summed E-state index contributed by atoms with van der Waals surface area (Å²) in [5, 5.41) is 23.8. The molecule has 0 aromatic carbocycles. The van der Waals surface area contributed by atoms with Crippen LogP contribution < -0.4 is 5.43 Å². The van der Waals surface area contributed by atoms with Gasteiger partial charge in [0.25, 0.3) is 0 Å². The predicted octanol–water partition coefficient (Wildman–Crippen LogP) is 7.83. The Morgan fingerprint density at radius 1 is 0.694 bits per heavy atom. The van der Waals surface area contributed by atoms with Crippen LogP contribution in [0, 0.1) is 0 Å². The summed E-state index contributed by atoms with van der Waals surface area (Å²) in [6, 6.07) is 0. The van der Waals surface area contributed by atoms with E-state index >= 15 is 0 Å². The summed E-state index contributed by atoms with van der Waals surface area (Å²) in [6.07, 6.45) is 20.3. The van der Waals surface area contributed by atoms with Crippen LogP contribution in [0.2, 0.25) is 18.8 Å². The molecule has 5 nitrogen and oxygen atoms in total. The van der Waals surface area contributed by atoms with E-state index in [1.807, 2.05) is 6.92 Å². The van der Waals surface area contributed by atoms with Gasteiger partial charge in [-0.1, -0.05) is 26.2 Å². The topological polar surface area (TPSA) is 72.8 Å². The fourth-order valence-corrected chi connectivity index (χ4v) is 11.8. The average Bonchev–Trinajstić information content (AvgIpc) is 2.81. The zero-order valence-electron chi connectivity index (χ0n) is 25.1. The molecule has 0 bridgehead atoms. The summed E-state index contributed by atoms with van der Waals surface area (Å²) in [6.45, 7) is 7.15. The maximum absolute atomic E-state index is 12.2. The molecular formula is C30H64N2O3Sn. The number of carbonyl (C=O) groups excluding carboxylic acids is 1. The van der Waals surface area contributed by atoms with Crippen molar-refractivity contribution in [1.82, 2.24) is 10.4 Å². The maximum atomic E-state index is 12.2. The van der Waals surface area contributed by atoms with Gasteiger partial charge in [0, 0.05) is 0 Å². The third-order valence-electron chi connectivity index (χ3n) is 7.53. The average molecular weight is 620 g/mol. The minimum atomic E-state index is -2.38. The van der Waals surface area contributed by atoms with Gasteiger partial charge in [-0.25, -0.2) is 0 Å². The van der Waals surface area contributed by atoms with Crippen molar-refractivity contribution in [2.24, 2.45) is 0 Å². The second-order valence-corrected chi connectivity index (χ2v) is 27.8. The summed E-state index contributed by atoms with van der Waals surface area (Å²) in [5.74, 6) is -0.0515. The van der Waals surface area contributed by atoms with Gasteiger partial charge in [-0.15, -0.1) is 0 Å². The fraction of sp³-hybridized carbons (Fsp3) is 0.967. The van der Waals surface area contributed by atoms with Crippen molar-refractivity contribution >= 4 is 24.3 Å². The van der Waals surface area contributed by atoms with Gasteiger partial charge in [-0.2, -0.15) is 0 Å². The zero-order chi connectivity index (χ0) is 27.2. The quantitative estimate of drug-likeness (QED) is 0.0554. The molecule has 1 amide bonds. The molecule has 0 aromatic heterocycles. The normalized spacial score (nSPS) is 14.7. The molecule has 0 spiro atoms. The Kier molecular flexibility index (Phi) is 23.2. The fourth-order valence-electron chi connectivity index (χ4n) is 5.16. The van der Waals surface area contributed by atoms with Gasteiger partial charge in [0.1, 0.15) is 0 Å². The summed E-state index contributed by atoms with van der Waals surface area (Å²) in [4.78, 5) is 19.4. The van der Waals surface area contributed by atoms with Gasteiger partial charge in [0.15, 0.2) is 0 Å². The number of aliphatic hydroxyl groups excluding tert-OH is 2. The first-order chi connectivity index (χ1) is 17.1. The molecule has 0 saturated carbocycles. The number of rotatable bonds is 25. The van der Waals surface area contributed by atoms with E-state index in [4.69, 9.17) is 0 Å². The van der Waals surface area contributed by atoms with E-state index in [1.165, 1.54) is 83.5 Å². The van der Waals surface area contributed by atoms with Gasteiger partial charge in [0.2, 0.25) is 0 Å². The Bertz CT molecular complexity index is 513. The molecule has 0 fully saturated rings. The molecule has 3 N–H and O–H groups in total. The number of hydrazine groups is 1.